The van der Waals surface area contributed by atoms with Gasteiger partial charge >= 0.3 is 11.9 Å². The Morgan fingerprint density at radius 3 is 1.82 bits per heavy atom. The Balaban J connectivity index is 0.000000400. The third-order valence-electron chi connectivity index (χ3n) is 5.45. The van der Waals surface area contributed by atoms with E-state index in [9.17, 15) is 14.7 Å². The van der Waals surface area contributed by atoms with Crippen LogP contribution in [0.1, 0.15) is 46.1 Å². The Morgan fingerprint density at radius 2 is 1.35 bits per heavy atom. The van der Waals surface area contributed by atoms with Crippen LogP contribution in [-0.4, -0.2) is 84.3 Å². The molecule has 0 aliphatic heterocycles. The van der Waals surface area contributed by atoms with E-state index < -0.39 is 28.1 Å². The first kappa shape index (κ1) is 35.7. The lowest BCUT2D eigenvalue weighted by Gasteiger charge is -2.15. The maximum absolute atomic E-state index is 11.9. The zero-order chi connectivity index (χ0) is 30.3. The zero-order valence-electron chi connectivity index (χ0n) is 25.4. The Hall–Kier alpha value is -2.37. The molecular formula is C26H48N4O8Si2. The van der Waals surface area contributed by atoms with Crippen LogP contribution in [0.3, 0.4) is 0 Å². The highest BCUT2D eigenvalue weighted by Crippen LogP contribution is 2.13. The molecule has 0 radical (unpaired) electrons. The van der Waals surface area contributed by atoms with E-state index in [-0.39, 0.29) is 39.0 Å². The first-order valence-corrected chi connectivity index (χ1v) is 21.0. The standard InChI is InChI=1S/2C13H24N2O4Si/c1-5-19-13(17)12-11(9-16)8-14-15(12)10-18-6-7-20(2,3)4;1-5-19-13(17)12-8-11(9-16)14-15(12)10-18-6-7-20(2,3)4/h2*8,16H,5-7,9-10H2,1-4H3. The predicted octanol–water partition coefficient (Wildman–Crippen LogP) is 3.73. The molecule has 0 saturated heterocycles. The number of aliphatic hydroxyl groups is 2. The van der Waals surface area contributed by atoms with Gasteiger partial charge in [-0.25, -0.2) is 19.0 Å². The molecule has 0 aliphatic rings. The first-order valence-electron chi connectivity index (χ1n) is 13.6. The van der Waals surface area contributed by atoms with Crippen molar-refractivity contribution in [3.63, 3.8) is 0 Å². The Bertz CT molecular complexity index is 1020. The molecule has 0 aromatic carbocycles. The Kier molecular flexibility index (Phi) is 15.6. The number of aromatic nitrogens is 4. The topological polar surface area (TPSA) is 147 Å². The SMILES string of the molecule is CCOC(=O)c1c(CO)cnn1COCC[Si](C)(C)C.CCOC(=O)c1cc(CO)nn1COCC[Si](C)(C)C. The van der Waals surface area contributed by atoms with Gasteiger partial charge in [0.1, 0.15) is 19.2 Å². The summed E-state index contributed by atoms with van der Waals surface area (Å²) in [5, 5.41) is 26.5. The lowest BCUT2D eigenvalue weighted by molar-refractivity contribution is 0.0446. The smallest absolute Gasteiger partial charge is 0.357 e. The number of carbonyl (C=O) groups is 2. The van der Waals surface area contributed by atoms with Gasteiger partial charge in [-0.3, -0.25) is 0 Å². The van der Waals surface area contributed by atoms with Crippen LogP contribution in [0.4, 0.5) is 0 Å². The summed E-state index contributed by atoms with van der Waals surface area (Å²) in [5.41, 5.74) is 1.46. The predicted molar refractivity (Wildman–Crippen MR) is 156 cm³/mol. The number of esters is 2. The molecule has 0 atom stereocenters. The van der Waals surface area contributed by atoms with Crippen molar-refractivity contribution < 1.29 is 38.7 Å². The first-order chi connectivity index (χ1) is 18.8. The molecule has 2 N–H and O–H groups in total. The average Bonchev–Trinajstić information content (AvgIpc) is 3.48. The van der Waals surface area contributed by atoms with Crippen molar-refractivity contribution in [1.29, 1.82) is 0 Å². The van der Waals surface area contributed by atoms with Gasteiger partial charge in [0.15, 0.2) is 5.69 Å². The summed E-state index contributed by atoms with van der Waals surface area (Å²) in [5.74, 6) is -0.934. The molecule has 0 amide bonds. The second-order valence-electron chi connectivity index (χ2n) is 11.5. The number of carbonyl (C=O) groups excluding carboxylic acids is 2. The van der Waals surface area contributed by atoms with E-state index >= 15 is 0 Å². The zero-order valence-corrected chi connectivity index (χ0v) is 27.4. The van der Waals surface area contributed by atoms with E-state index in [2.05, 4.69) is 49.5 Å². The van der Waals surface area contributed by atoms with Crippen LogP contribution in [0.15, 0.2) is 12.3 Å². The fraction of sp³-hybridized carbons (Fsp3) is 0.692. The van der Waals surface area contributed by atoms with E-state index in [4.69, 9.17) is 24.1 Å². The van der Waals surface area contributed by atoms with Crippen LogP contribution < -0.4 is 0 Å². The summed E-state index contributed by atoms with van der Waals surface area (Å²) in [7, 11) is -2.26. The summed E-state index contributed by atoms with van der Waals surface area (Å²) in [6.07, 6.45) is 1.47. The lowest BCUT2D eigenvalue weighted by Crippen LogP contribution is -2.23. The molecule has 2 aromatic heterocycles. The van der Waals surface area contributed by atoms with Gasteiger partial charge in [0.05, 0.1) is 38.3 Å². The highest BCUT2D eigenvalue weighted by molar-refractivity contribution is 6.76. The van der Waals surface area contributed by atoms with Gasteiger partial charge in [0.25, 0.3) is 0 Å². The summed E-state index contributed by atoms with van der Waals surface area (Å²) >= 11 is 0. The molecular weight excluding hydrogens is 552 g/mol. The monoisotopic (exact) mass is 600 g/mol. The van der Waals surface area contributed by atoms with Crippen molar-refractivity contribution >= 4 is 28.1 Å². The van der Waals surface area contributed by atoms with Crippen molar-refractivity contribution in [2.75, 3.05) is 26.4 Å². The average molecular weight is 601 g/mol. The number of hydrogen-bond acceptors (Lipinski definition) is 10. The summed E-state index contributed by atoms with van der Waals surface area (Å²) in [4.78, 5) is 23.6. The number of nitrogens with zero attached hydrogens (tertiary/aromatic N) is 4. The minimum atomic E-state index is -1.13. The molecule has 0 unspecified atom stereocenters. The summed E-state index contributed by atoms with van der Waals surface area (Å²) < 4.78 is 23.9. The van der Waals surface area contributed by atoms with Gasteiger partial charge in [-0.05, 0) is 32.0 Å². The molecule has 2 aromatic rings. The van der Waals surface area contributed by atoms with Crippen molar-refractivity contribution in [2.24, 2.45) is 0 Å². The number of rotatable bonds is 16. The minimum Gasteiger partial charge on any atom is -0.461 e. The second-order valence-corrected chi connectivity index (χ2v) is 22.7. The fourth-order valence-electron chi connectivity index (χ4n) is 3.15. The van der Waals surface area contributed by atoms with E-state index in [1.54, 1.807) is 13.8 Å². The molecule has 0 bridgehead atoms. The van der Waals surface area contributed by atoms with Crippen molar-refractivity contribution in [3.05, 3.63) is 34.9 Å². The molecule has 40 heavy (non-hydrogen) atoms. The van der Waals surface area contributed by atoms with Crippen LogP contribution in [0.5, 0.6) is 0 Å². The normalized spacial score (nSPS) is 11.7. The maximum Gasteiger partial charge on any atom is 0.357 e. The van der Waals surface area contributed by atoms with E-state index in [1.165, 1.54) is 21.6 Å². The van der Waals surface area contributed by atoms with Crippen LogP contribution in [0, 0.1) is 0 Å². The second kappa shape index (κ2) is 17.4. The lowest BCUT2D eigenvalue weighted by atomic mass is 10.2. The van der Waals surface area contributed by atoms with Crippen LogP contribution >= 0.6 is 0 Å². The number of hydrogen-bond donors (Lipinski definition) is 2. The van der Waals surface area contributed by atoms with Crippen LogP contribution in [0.2, 0.25) is 51.4 Å². The Morgan fingerprint density at radius 1 is 0.825 bits per heavy atom. The van der Waals surface area contributed by atoms with Gasteiger partial charge < -0.3 is 29.2 Å². The third kappa shape index (κ3) is 13.3. The van der Waals surface area contributed by atoms with Gasteiger partial charge in [-0.15, -0.1) is 0 Å². The molecule has 2 rings (SSSR count). The van der Waals surface area contributed by atoms with Gasteiger partial charge in [-0.1, -0.05) is 39.3 Å². The molecule has 2 heterocycles. The van der Waals surface area contributed by atoms with Gasteiger partial charge in [-0.2, -0.15) is 10.2 Å². The minimum absolute atomic E-state index is 0.193. The van der Waals surface area contributed by atoms with Gasteiger partial charge in [0, 0.05) is 34.9 Å². The fourth-order valence-corrected chi connectivity index (χ4v) is 4.66. The molecule has 0 spiro atoms. The maximum atomic E-state index is 11.9. The quantitative estimate of drug-likeness (QED) is 0.166. The summed E-state index contributed by atoms with van der Waals surface area (Å²) in [6.45, 7) is 18.9. The van der Waals surface area contributed by atoms with Crippen LogP contribution in [0.25, 0.3) is 0 Å². The molecule has 0 aliphatic carbocycles. The highest BCUT2D eigenvalue weighted by atomic mass is 28.3. The van der Waals surface area contributed by atoms with Crippen molar-refractivity contribution in [3.8, 4) is 0 Å². The molecule has 14 heteroatoms. The molecule has 0 saturated carbocycles. The van der Waals surface area contributed by atoms with E-state index in [0.717, 1.165) is 12.1 Å². The molecule has 0 fully saturated rings. The molecule has 12 nitrogen and oxygen atoms in total. The summed E-state index contributed by atoms with van der Waals surface area (Å²) in [6, 6.07) is 3.63. The third-order valence-corrected chi connectivity index (χ3v) is 8.86. The van der Waals surface area contributed by atoms with E-state index in [1.807, 2.05) is 0 Å². The Labute approximate surface area is 239 Å². The number of aliphatic hydroxyl groups excluding tert-OH is 2. The van der Waals surface area contributed by atoms with Crippen molar-refractivity contribution in [1.82, 2.24) is 19.6 Å². The van der Waals surface area contributed by atoms with Crippen LogP contribution in [-0.2, 0) is 45.6 Å². The largest absolute Gasteiger partial charge is 0.461 e. The molecule has 228 valence electrons. The van der Waals surface area contributed by atoms with Crippen molar-refractivity contribution in [2.45, 2.75) is 91.9 Å². The van der Waals surface area contributed by atoms with E-state index in [0.29, 0.717) is 36.8 Å². The highest BCUT2D eigenvalue weighted by Gasteiger charge is 2.20. The number of ether oxygens (including phenoxy) is 4. The van der Waals surface area contributed by atoms with Gasteiger partial charge in [0.2, 0.25) is 0 Å².